The van der Waals surface area contributed by atoms with E-state index in [-0.39, 0.29) is 37.8 Å². The standard InChI is InChI=1S/C30H47N5O9/c1-17(2)13-22(27(39)31-15-24(37)43-7)34-28(40)23(14-18(3)4)33-26(38)19(5)32-29(41)25(20(6)36)35-30(42)44-16-21-11-9-8-10-12-21/h8-12,17-20,22-23,25,36H,13-16H2,1-7H3,(H,31,39)(H,32,41)(H,33,38)(H,34,40)(H,35,42). The zero-order chi connectivity index (χ0) is 33.4. The van der Waals surface area contributed by atoms with Gasteiger partial charge in [0, 0.05) is 0 Å². The van der Waals surface area contributed by atoms with Crippen molar-refractivity contribution in [3.63, 3.8) is 0 Å². The molecule has 5 amide bonds. The minimum atomic E-state index is -1.43. The van der Waals surface area contributed by atoms with E-state index in [0.717, 1.165) is 5.56 Å². The first-order valence-electron chi connectivity index (χ1n) is 14.5. The van der Waals surface area contributed by atoms with Gasteiger partial charge in [0.15, 0.2) is 0 Å². The number of rotatable bonds is 17. The normalized spacial score (nSPS) is 14.3. The number of benzene rings is 1. The molecule has 6 N–H and O–H groups in total. The van der Waals surface area contributed by atoms with Crippen LogP contribution in [0.5, 0.6) is 0 Å². The van der Waals surface area contributed by atoms with Crippen molar-refractivity contribution >= 4 is 35.7 Å². The number of esters is 1. The second-order valence-electron chi connectivity index (χ2n) is 11.3. The van der Waals surface area contributed by atoms with E-state index in [2.05, 4.69) is 31.3 Å². The molecule has 0 aliphatic carbocycles. The molecule has 44 heavy (non-hydrogen) atoms. The quantitative estimate of drug-likeness (QED) is 0.134. The molecule has 14 nitrogen and oxygen atoms in total. The van der Waals surface area contributed by atoms with E-state index in [9.17, 15) is 33.9 Å². The summed E-state index contributed by atoms with van der Waals surface area (Å²) in [6.07, 6.45) is -1.76. The highest BCUT2D eigenvalue weighted by Gasteiger charge is 2.32. The number of methoxy groups -OCH3 is 1. The Kier molecular flexibility index (Phi) is 16.5. The predicted molar refractivity (Wildman–Crippen MR) is 161 cm³/mol. The zero-order valence-electron chi connectivity index (χ0n) is 26.5. The molecule has 0 bridgehead atoms. The van der Waals surface area contributed by atoms with Crippen molar-refractivity contribution < 1.29 is 43.3 Å². The third-order valence-corrected chi connectivity index (χ3v) is 6.32. The summed E-state index contributed by atoms with van der Waals surface area (Å²) in [6.45, 7) is 9.69. The lowest BCUT2D eigenvalue weighted by molar-refractivity contribution is -0.141. The molecule has 5 atom stereocenters. The molecular weight excluding hydrogens is 574 g/mol. The Hall–Kier alpha value is -4.20. The first kappa shape index (κ1) is 37.8. The van der Waals surface area contributed by atoms with Crippen LogP contribution in [0.2, 0.25) is 0 Å². The van der Waals surface area contributed by atoms with Gasteiger partial charge in [-0.3, -0.25) is 24.0 Å². The fourth-order valence-electron chi connectivity index (χ4n) is 4.00. The first-order valence-corrected chi connectivity index (χ1v) is 14.5. The van der Waals surface area contributed by atoms with Crippen LogP contribution in [0.1, 0.15) is 59.9 Å². The lowest BCUT2D eigenvalue weighted by atomic mass is 10.00. The maximum Gasteiger partial charge on any atom is 0.408 e. The van der Waals surface area contributed by atoms with Crippen LogP contribution in [0, 0.1) is 11.8 Å². The van der Waals surface area contributed by atoms with Gasteiger partial charge in [0.2, 0.25) is 23.6 Å². The van der Waals surface area contributed by atoms with E-state index >= 15 is 0 Å². The average molecular weight is 622 g/mol. The molecular formula is C30H47N5O9. The lowest BCUT2D eigenvalue weighted by Crippen LogP contribution is -2.59. The summed E-state index contributed by atoms with van der Waals surface area (Å²) in [7, 11) is 1.19. The molecule has 0 radical (unpaired) electrons. The van der Waals surface area contributed by atoms with E-state index in [0.29, 0.717) is 0 Å². The summed E-state index contributed by atoms with van der Waals surface area (Å²) in [5.41, 5.74) is 0.725. The lowest BCUT2D eigenvalue weighted by Gasteiger charge is -2.27. The molecule has 0 saturated carbocycles. The fourth-order valence-corrected chi connectivity index (χ4v) is 4.00. The number of carbonyl (C=O) groups excluding carboxylic acids is 6. The summed E-state index contributed by atoms with van der Waals surface area (Å²) in [5, 5.41) is 22.6. The molecule has 1 rings (SSSR count). The van der Waals surface area contributed by atoms with Crippen LogP contribution in [0.4, 0.5) is 4.79 Å². The van der Waals surface area contributed by atoms with Crippen molar-refractivity contribution in [3.05, 3.63) is 35.9 Å². The summed E-state index contributed by atoms with van der Waals surface area (Å²) in [6, 6.07) is 4.25. The van der Waals surface area contributed by atoms with Gasteiger partial charge in [0.05, 0.1) is 13.2 Å². The Balaban J connectivity index is 2.87. The van der Waals surface area contributed by atoms with E-state index < -0.39 is 66.0 Å². The van der Waals surface area contributed by atoms with Crippen LogP contribution in [0.3, 0.4) is 0 Å². The van der Waals surface area contributed by atoms with Crippen LogP contribution in [-0.4, -0.2) is 84.7 Å². The molecule has 0 fully saturated rings. The van der Waals surface area contributed by atoms with E-state index in [4.69, 9.17) is 4.74 Å². The highest BCUT2D eigenvalue weighted by Crippen LogP contribution is 2.10. The number of amides is 5. The smallest absolute Gasteiger partial charge is 0.408 e. The van der Waals surface area contributed by atoms with Gasteiger partial charge in [-0.15, -0.1) is 0 Å². The van der Waals surface area contributed by atoms with Gasteiger partial charge in [0.1, 0.15) is 37.3 Å². The molecule has 1 aromatic rings. The van der Waals surface area contributed by atoms with Crippen molar-refractivity contribution in [3.8, 4) is 0 Å². The number of ether oxygens (including phenoxy) is 2. The van der Waals surface area contributed by atoms with Crippen LogP contribution in [-0.2, 0) is 40.1 Å². The largest absolute Gasteiger partial charge is 0.468 e. The Labute approximate surface area is 258 Å². The maximum absolute atomic E-state index is 13.3. The third-order valence-electron chi connectivity index (χ3n) is 6.32. The molecule has 0 aliphatic heterocycles. The van der Waals surface area contributed by atoms with Crippen molar-refractivity contribution in [2.24, 2.45) is 11.8 Å². The second-order valence-corrected chi connectivity index (χ2v) is 11.3. The zero-order valence-corrected chi connectivity index (χ0v) is 26.5. The van der Waals surface area contributed by atoms with Gasteiger partial charge in [-0.05, 0) is 44.1 Å². The average Bonchev–Trinajstić information content (AvgIpc) is 2.96. The van der Waals surface area contributed by atoms with Gasteiger partial charge < -0.3 is 41.2 Å². The van der Waals surface area contributed by atoms with Crippen LogP contribution in [0.25, 0.3) is 0 Å². The van der Waals surface area contributed by atoms with Crippen LogP contribution >= 0.6 is 0 Å². The molecule has 0 heterocycles. The van der Waals surface area contributed by atoms with Gasteiger partial charge in [-0.25, -0.2) is 4.79 Å². The minimum Gasteiger partial charge on any atom is -0.468 e. The Morgan fingerprint density at radius 1 is 0.727 bits per heavy atom. The number of aliphatic hydroxyl groups excluding tert-OH is 1. The van der Waals surface area contributed by atoms with Crippen molar-refractivity contribution in [2.45, 2.75) is 91.3 Å². The third kappa shape index (κ3) is 14.3. The van der Waals surface area contributed by atoms with Crippen LogP contribution < -0.4 is 26.6 Å². The summed E-state index contributed by atoms with van der Waals surface area (Å²) in [4.78, 5) is 75.6. The van der Waals surface area contributed by atoms with Gasteiger partial charge in [-0.2, -0.15) is 0 Å². The van der Waals surface area contributed by atoms with E-state index in [1.54, 1.807) is 24.3 Å². The monoisotopic (exact) mass is 621 g/mol. The Morgan fingerprint density at radius 3 is 1.80 bits per heavy atom. The fraction of sp³-hybridized carbons (Fsp3) is 0.600. The van der Waals surface area contributed by atoms with Crippen molar-refractivity contribution in [2.75, 3.05) is 13.7 Å². The SMILES string of the molecule is COC(=O)CNC(=O)C(CC(C)C)NC(=O)C(CC(C)C)NC(=O)C(C)NC(=O)C(NC(=O)OCc1ccccc1)C(C)O. The van der Waals surface area contributed by atoms with E-state index in [1.807, 2.05) is 33.8 Å². The van der Waals surface area contributed by atoms with Gasteiger partial charge in [0.25, 0.3) is 0 Å². The summed E-state index contributed by atoms with van der Waals surface area (Å²) >= 11 is 0. The summed E-state index contributed by atoms with van der Waals surface area (Å²) < 4.78 is 9.65. The molecule has 0 spiro atoms. The molecule has 0 aromatic heterocycles. The molecule has 1 aromatic carbocycles. The highest BCUT2D eigenvalue weighted by atomic mass is 16.5. The van der Waals surface area contributed by atoms with Crippen molar-refractivity contribution in [1.82, 2.24) is 26.6 Å². The number of hydrogen-bond donors (Lipinski definition) is 6. The van der Waals surface area contributed by atoms with E-state index in [1.165, 1.54) is 21.0 Å². The predicted octanol–water partition coefficient (Wildman–Crippen LogP) is 0.518. The van der Waals surface area contributed by atoms with Crippen molar-refractivity contribution in [1.29, 1.82) is 0 Å². The Bertz CT molecular complexity index is 1110. The molecule has 246 valence electrons. The molecule has 0 aliphatic rings. The summed E-state index contributed by atoms with van der Waals surface area (Å²) in [5.74, 6) is -3.40. The molecule has 14 heteroatoms. The second kappa shape index (κ2) is 19.2. The first-order chi connectivity index (χ1) is 20.6. The van der Waals surface area contributed by atoms with Crippen LogP contribution in [0.15, 0.2) is 30.3 Å². The molecule has 0 saturated heterocycles. The van der Waals surface area contributed by atoms with Gasteiger partial charge in [-0.1, -0.05) is 58.0 Å². The number of hydrogen-bond acceptors (Lipinski definition) is 9. The number of aliphatic hydroxyl groups is 1. The minimum absolute atomic E-state index is 0.0173. The number of alkyl carbamates (subject to hydrolysis) is 1. The molecule has 5 unspecified atom stereocenters. The Morgan fingerprint density at radius 2 is 1.27 bits per heavy atom. The van der Waals surface area contributed by atoms with Gasteiger partial charge >= 0.3 is 12.1 Å². The maximum atomic E-state index is 13.3. The number of nitrogens with one attached hydrogen (secondary N) is 5. The number of carbonyl (C=O) groups is 6. The highest BCUT2D eigenvalue weighted by molar-refractivity contribution is 5.95. The topological polar surface area (TPSA) is 201 Å².